The Bertz CT molecular complexity index is 413. The Hall–Kier alpha value is -1.91. The third-order valence-electron chi connectivity index (χ3n) is 2.44. The van der Waals surface area contributed by atoms with E-state index in [4.69, 9.17) is 9.84 Å². The molecule has 15 heavy (non-hydrogen) atoms. The van der Waals surface area contributed by atoms with Gasteiger partial charge in [-0.15, -0.1) is 0 Å². The molecule has 0 fully saturated rings. The number of carbonyl (C=O) groups is 1. The number of rotatable bonds is 1. The summed E-state index contributed by atoms with van der Waals surface area (Å²) in [5.74, 6) is -1.92. The monoisotopic (exact) mass is 210 g/mol. The second-order valence-electron chi connectivity index (χ2n) is 3.47. The third kappa shape index (κ3) is 1.56. The van der Waals surface area contributed by atoms with E-state index < -0.39 is 11.9 Å². The van der Waals surface area contributed by atoms with Gasteiger partial charge in [0.1, 0.15) is 6.61 Å². The molecule has 0 saturated heterocycles. The molecule has 1 aliphatic rings. The smallest absolute Gasteiger partial charge is 0.310 e. The van der Waals surface area contributed by atoms with E-state index >= 15 is 0 Å². The molecule has 0 radical (unpaired) electrons. The maximum absolute atomic E-state index is 10.7. The Kier molecular flexibility index (Phi) is 2.15. The van der Waals surface area contributed by atoms with E-state index in [-0.39, 0.29) is 23.9 Å². The molecule has 1 aromatic carbocycles. The Labute approximate surface area is 85.5 Å². The number of aliphatic carboxylic acids is 1. The van der Waals surface area contributed by atoms with E-state index in [0.717, 1.165) is 0 Å². The lowest BCUT2D eigenvalue weighted by atomic mass is 9.96. The number of carboxylic acid groups (broad SMARTS) is 1. The first-order valence-corrected chi connectivity index (χ1v) is 4.49. The van der Waals surface area contributed by atoms with Crippen LogP contribution >= 0.6 is 0 Å². The van der Waals surface area contributed by atoms with Crippen LogP contribution in [0.15, 0.2) is 12.1 Å². The molecular weight excluding hydrogens is 200 g/mol. The molecule has 5 nitrogen and oxygen atoms in total. The molecule has 2 rings (SSSR count). The fraction of sp³-hybridized carbons (Fsp3) is 0.300. The zero-order valence-electron chi connectivity index (χ0n) is 7.80. The average molecular weight is 210 g/mol. The van der Waals surface area contributed by atoms with Gasteiger partial charge in [-0.2, -0.15) is 0 Å². The van der Waals surface area contributed by atoms with Crippen LogP contribution in [0.5, 0.6) is 17.2 Å². The number of phenolic OH excluding ortho intramolecular Hbond substituents is 2. The van der Waals surface area contributed by atoms with Gasteiger partial charge in [0.05, 0.1) is 5.92 Å². The lowest BCUT2D eigenvalue weighted by molar-refractivity contribution is -0.143. The van der Waals surface area contributed by atoms with Gasteiger partial charge < -0.3 is 20.1 Å². The summed E-state index contributed by atoms with van der Waals surface area (Å²) < 4.78 is 5.12. The van der Waals surface area contributed by atoms with Crippen LogP contribution in [0, 0.1) is 5.92 Å². The molecular formula is C10H10O5. The summed E-state index contributed by atoms with van der Waals surface area (Å²) in [6, 6.07) is 2.88. The summed E-state index contributed by atoms with van der Waals surface area (Å²) >= 11 is 0. The minimum Gasteiger partial charge on any atom is -0.504 e. The predicted octanol–water partition coefficient (Wildman–Crippen LogP) is 0.733. The van der Waals surface area contributed by atoms with Gasteiger partial charge in [0.15, 0.2) is 11.5 Å². The maximum Gasteiger partial charge on any atom is 0.310 e. The third-order valence-corrected chi connectivity index (χ3v) is 2.44. The first-order chi connectivity index (χ1) is 7.09. The maximum atomic E-state index is 10.7. The number of ether oxygens (including phenoxy) is 1. The van der Waals surface area contributed by atoms with Gasteiger partial charge in [-0.3, -0.25) is 4.79 Å². The van der Waals surface area contributed by atoms with Gasteiger partial charge in [-0.05, 0) is 18.1 Å². The molecule has 1 atom stereocenters. The fourth-order valence-corrected chi connectivity index (χ4v) is 1.59. The number of aromatic hydroxyl groups is 2. The Morgan fingerprint density at radius 2 is 2.13 bits per heavy atom. The van der Waals surface area contributed by atoms with Crippen molar-refractivity contribution in [1.82, 2.24) is 0 Å². The summed E-state index contributed by atoms with van der Waals surface area (Å²) in [7, 11) is 0. The highest BCUT2D eigenvalue weighted by molar-refractivity contribution is 5.72. The first kappa shape index (κ1) is 9.64. The molecule has 5 heteroatoms. The van der Waals surface area contributed by atoms with Gasteiger partial charge >= 0.3 is 5.97 Å². The van der Waals surface area contributed by atoms with E-state index in [1.54, 1.807) is 6.07 Å². The number of benzene rings is 1. The Morgan fingerprint density at radius 3 is 2.80 bits per heavy atom. The van der Waals surface area contributed by atoms with Crippen molar-refractivity contribution in [3.05, 3.63) is 17.7 Å². The molecule has 0 saturated carbocycles. The van der Waals surface area contributed by atoms with E-state index in [1.165, 1.54) is 6.07 Å². The van der Waals surface area contributed by atoms with Crippen LogP contribution in [0.1, 0.15) is 5.56 Å². The van der Waals surface area contributed by atoms with Gasteiger partial charge in [0.25, 0.3) is 0 Å². The predicted molar refractivity (Wildman–Crippen MR) is 50.1 cm³/mol. The lowest BCUT2D eigenvalue weighted by Crippen LogP contribution is -2.27. The summed E-state index contributed by atoms with van der Waals surface area (Å²) in [5.41, 5.74) is 0.601. The molecule has 0 aromatic heterocycles. The minimum atomic E-state index is -0.923. The number of phenols is 2. The summed E-state index contributed by atoms with van der Waals surface area (Å²) in [6.07, 6.45) is 0.304. The van der Waals surface area contributed by atoms with E-state index in [2.05, 4.69) is 0 Å². The number of fused-ring (bicyclic) bond motifs is 1. The molecule has 0 bridgehead atoms. The second kappa shape index (κ2) is 3.34. The van der Waals surface area contributed by atoms with E-state index in [9.17, 15) is 15.0 Å². The van der Waals surface area contributed by atoms with Crippen LogP contribution in [0.2, 0.25) is 0 Å². The standard InChI is InChI=1S/C10H10O5/c11-7-2-1-5-3-6(10(13)14)4-15-9(5)8(7)12/h1-2,6,11-12H,3-4H2,(H,13,14). The van der Waals surface area contributed by atoms with Crippen molar-refractivity contribution in [2.45, 2.75) is 6.42 Å². The highest BCUT2D eigenvalue weighted by atomic mass is 16.5. The SMILES string of the molecule is O=C(O)C1COc2c(ccc(O)c2O)C1. The normalized spacial score (nSPS) is 19.1. The van der Waals surface area contributed by atoms with Gasteiger partial charge in [-0.1, -0.05) is 6.07 Å². The van der Waals surface area contributed by atoms with Crippen molar-refractivity contribution in [3.8, 4) is 17.2 Å². The fourth-order valence-electron chi connectivity index (χ4n) is 1.59. The van der Waals surface area contributed by atoms with E-state index in [1.807, 2.05) is 0 Å². The first-order valence-electron chi connectivity index (χ1n) is 4.49. The van der Waals surface area contributed by atoms with Crippen LogP contribution in [0.25, 0.3) is 0 Å². The molecule has 0 spiro atoms. The number of carboxylic acids is 1. The van der Waals surface area contributed by atoms with Gasteiger partial charge in [-0.25, -0.2) is 0 Å². The second-order valence-corrected chi connectivity index (χ2v) is 3.47. The molecule has 80 valence electrons. The molecule has 1 aromatic rings. The molecule has 3 N–H and O–H groups in total. The number of hydrogen-bond acceptors (Lipinski definition) is 4. The van der Waals surface area contributed by atoms with Crippen molar-refractivity contribution in [2.75, 3.05) is 6.61 Å². The minimum absolute atomic E-state index is 0.0132. The van der Waals surface area contributed by atoms with E-state index in [0.29, 0.717) is 12.0 Å². The van der Waals surface area contributed by atoms with Crippen molar-refractivity contribution in [2.24, 2.45) is 5.92 Å². The zero-order chi connectivity index (χ0) is 11.0. The topological polar surface area (TPSA) is 87.0 Å². The molecule has 1 aliphatic heterocycles. The van der Waals surface area contributed by atoms with Crippen LogP contribution < -0.4 is 4.74 Å². The van der Waals surface area contributed by atoms with Crippen molar-refractivity contribution < 1.29 is 24.9 Å². The average Bonchev–Trinajstić information content (AvgIpc) is 2.23. The van der Waals surface area contributed by atoms with Crippen molar-refractivity contribution >= 4 is 5.97 Å². The zero-order valence-corrected chi connectivity index (χ0v) is 7.80. The van der Waals surface area contributed by atoms with Crippen LogP contribution in [0.3, 0.4) is 0 Å². The van der Waals surface area contributed by atoms with Crippen LogP contribution in [-0.4, -0.2) is 27.9 Å². The van der Waals surface area contributed by atoms with Crippen molar-refractivity contribution in [3.63, 3.8) is 0 Å². The molecule has 0 amide bonds. The molecule has 0 aliphatic carbocycles. The largest absolute Gasteiger partial charge is 0.504 e. The number of hydrogen-bond donors (Lipinski definition) is 3. The van der Waals surface area contributed by atoms with Crippen molar-refractivity contribution in [1.29, 1.82) is 0 Å². The van der Waals surface area contributed by atoms with Crippen LogP contribution in [-0.2, 0) is 11.2 Å². The summed E-state index contributed by atoms with van der Waals surface area (Å²) in [5, 5.41) is 27.4. The van der Waals surface area contributed by atoms with Gasteiger partial charge in [0, 0.05) is 0 Å². The van der Waals surface area contributed by atoms with Gasteiger partial charge in [0.2, 0.25) is 5.75 Å². The highest BCUT2D eigenvalue weighted by Gasteiger charge is 2.28. The van der Waals surface area contributed by atoms with Crippen LogP contribution in [0.4, 0.5) is 0 Å². The lowest BCUT2D eigenvalue weighted by Gasteiger charge is -2.23. The highest BCUT2D eigenvalue weighted by Crippen LogP contribution is 2.41. The quantitative estimate of drug-likeness (QED) is 0.595. The summed E-state index contributed by atoms with van der Waals surface area (Å²) in [4.78, 5) is 10.7. The Balaban J connectivity index is 2.36. The molecule has 1 unspecified atom stereocenters. The molecule has 1 heterocycles. The Morgan fingerprint density at radius 1 is 1.40 bits per heavy atom. The summed E-state index contributed by atoms with van der Waals surface area (Å²) in [6.45, 7) is 0.0132.